The van der Waals surface area contributed by atoms with Crippen molar-refractivity contribution in [3.8, 4) is 0 Å². The topological polar surface area (TPSA) is 41.3 Å². The summed E-state index contributed by atoms with van der Waals surface area (Å²) in [5, 5.41) is 4.18. The molecule has 0 amide bonds. The first kappa shape index (κ1) is 15.1. The Kier molecular flexibility index (Phi) is 4.88. The number of halogens is 1. The van der Waals surface area contributed by atoms with E-state index in [2.05, 4.69) is 38.2 Å². The Bertz CT molecular complexity index is 414. The minimum atomic E-state index is 0.171. The highest BCUT2D eigenvalue weighted by atomic mass is 35.5. The van der Waals surface area contributed by atoms with Crippen LogP contribution in [-0.2, 0) is 0 Å². The van der Waals surface area contributed by atoms with Crippen LogP contribution in [0.4, 0.5) is 11.4 Å². The van der Waals surface area contributed by atoms with Gasteiger partial charge in [-0.3, -0.25) is 0 Å². The minimum absolute atomic E-state index is 0.171. The van der Waals surface area contributed by atoms with Crippen molar-refractivity contribution >= 4 is 23.0 Å². The van der Waals surface area contributed by atoms with Crippen LogP contribution >= 0.6 is 11.6 Å². The summed E-state index contributed by atoms with van der Waals surface area (Å²) in [6.45, 7) is 8.32. The van der Waals surface area contributed by atoms with Gasteiger partial charge in [-0.1, -0.05) is 25.4 Å². The summed E-state index contributed by atoms with van der Waals surface area (Å²) < 4.78 is 0. The third-order valence-electron chi connectivity index (χ3n) is 2.92. The first-order valence-electron chi connectivity index (χ1n) is 6.16. The molecular weight excluding hydrogens is 246 g/mol. The lowest BCUT2D eigenvalue weighted by atomic mass is 9.92. The van der Waals surface area contributed by atoms with Crippen molar-refractivity contribution in [3.63, 3.8) is 0 Å². The van der Waals surface area contributed by atoms with Gasteiger partial charge in [0.1, 0.15) is 0 Å². The maximum atomic E-state index is 6.12. The van der Waals surface area contributed by atoms with E-state index >= 15 is 0 Å². The van der Waals surface area contributed by atoms with Gasteiger partial charge in [0, 0.05) is 18.1 Å². The number of nitrogens with two attached hydrogens (primary N) is 1. The second kappa shape index (κ2) is 5.81. The Balaban J connectivity index is 2.78. The molecule has 0 radical (unpaired) electrons. The van der Waals surface area contributed by atoms with Crippen LogP contribution in [0.25, 0.3) is 0 Å². The van der Waals surface area contributed by atoms with E-state index in [9.17, 15) is 0 Å². The highest BCUT2D eigenvalue weighted by Crippen LogP contribution is 2.30. The summed E-state index contributed by atoms with van der Waals surface area (Å²) >= 11 is 6.12. The van der Waals surface area contributed by atoms with Gasteiger partial charge >= 0.3 is 0 Å². The van der Waals surface area contributed by atoms with E-state index in [0.717, 1.165) is 35.1 Å². The van der Waals surface area contributed by atoms with Crippen molar-refractivity contribution in [1.29, 1.82) is 0 Å². The number of anilines is 2. The average Bonchev–Trinajstić information content (AvgIpc) is 2.22. The van der Waals surface area contributed by atoms with Crippen molar-refractivity contribution in [1.82, 2.24) is 4.90 Å². The van der Waals surface area contributed by atoms with Gasteiger partial charge in [0.25, 0.3) is 0 Å². The van der Waals surface area contributed by atoms with Gasteiger partial charge in [0.2, 0.25) is 0 Å². The zero-order chi connectivity index (χ0) is 13.9. The molecule has 0 unspecified atom stereocenters. The molecule has 18 heavy (non-hydrogen) atoms. The van der Waals surface area contributed by atoms with Crippen molar-refractivity contribution < 1.29 is 0 Å². The number of rotatable bonds is 5. The predicted octanol–water partition coefficient (Wildman–Crippen LogP) is 3.23. The number of benzene rings is 1. The molecule has 0 bridgehead atoms. The Morgan fingerprint density at radius 2 is 1.94 bits per heavy atom. The number of nitrogen functional groups attached to an aromatic ring is 1. The molecule has 0 atom stereocenters. The highest BCUT2D eigenvalue weighted by molar-refractivity contribution is 6.31. The van der Waals surface area contributed by atoms with Gasteiger partial charge in [-0.25, -0.2) is 0 Å². The molecule has 102 valence electrons. The van der Waals surface area contributed by atoms with E-state index in [1.165, 1.54) is 0 Å². The van der Waals surface area contributed by atoms with Crippen molar-refractivity contribution in [2.75, 3.05) is 38.2 Å². The molecule has 1 aromatic carbocycles. The third kappa shape index (κ3) is 4.07. The predicted molar refractivity (Wildman–Crippen MR) is 81.4 cm³/mol. The lowest BCUT2D eigenvalue weighted by Crippen LogP contribution is -2.34. The van der Waals surface area contributed by atoms with Crippen LogP contribution in [0.3, 0.4) is 0 Å². The molecule has 0 aliphatic heterocycles. The second-order valence-corrected chi connectivity index (χ2v) is 6.30. The van der Waals surface area contributed by atoms with E-state index < -0.39 is 0 Å². The second-order valence-electron chi connectivity index (χ2n) is 5.89. The maximum Gasteiger partial charge on any atom is 0.0618 e. The van der Waals surface area contributed by atoms with Gasteiger partial charge in [-0.2, -0.15) is 0 Å². The van der Waals surface area contributed by atoms with E-state index in [-0.39, 0.29) is 5.41 Å². The number of nitrogens with zero attached hydrogens (tertiary/aromatic N) is 1. The van der Waals surface area contributed by atoms with Gasteiger partial charge in [-0.05, 0) is 44.1 Å². The molecule has 0 saturated carbocycles. The van der Waals surface area contributed by atoms with Crippen LogP contribution < -0.4 is 11.1 Å². The Morgan fingerprint density at radius 3 is 2.50 bits per heavy atom. The normalized spacial score (nSPS) is 11.9. The summed E-state index contributed by atoms with van der Waals surface area (Å²) in [5.74, 6) is 0. The fourth-order valence-electron chi connectivity index (χ4n) is 2.18. The van der Waals surface area contributed by atoms with Crippen LogP contribution in [-0.4, -0.2) is 32.1 Å². The van der Waals surface area contributed by atoms with Crippen LogP contribution in [0.5, 0.6) is 0 Å². The molecule has 0 aliphatic rings. The first-order chi connectivity index (χ1) is 8.23. The van der Waals surface area contributed by atoms with Crippen molar-refractivity contribution in [3.05, 3.63) is 22.7 Å². The van der Waals surface area contributed by atoms with Crippen LogP contribution in [0.15, 0.2) is 12.1 Å². The van der Waals surface area contributed by atoms with Crippen molar-refractivity contribution in [2.45, 2.75) is 20.8 Å². The van der Waals surface area contributed by atoms with Gasteiger partial charge in [0.15, 0.2) is 0 Å². The Hall–Kier alpha value is -0.930. The first-order valence-corrected chi connectivity index (χ1v) is 6.54. The smallest absolute Gasteiger partial charge is 0.0618 e. The van der Waals surface area contributed by atoms with Crippen LogP contribution in [0.2, 0.25) is 5.02 Å². The van der Waals surface area contributed by atoms with Gasteiger partial charge in [-0.15, -0.1) is 0 Å². The zero-order valence-electron chi connectivity index (χ0n) is 12.0. The molecule has 0 fully saturated rings. The molecule has 0 heterocycles. The number of hydrogen-bond donors (Lipinski definition) is 2. The lowest BCUT2D eigenvalue weighted by molar-refractivity contribution is 0.254. The number of nitrogens with one attached hydrogen (secondary N) is 1. The molecule has 3 nitrogen and oxygen atoms in total. The maximum absolute atomic E-state index is 6.12. The standard InChI is InChI=1S/C14H24ClN3/c1-10-11(15)6-7-12(16)13(10)17-8-14(2,3)9-18(4)5/h6-7,17H,8-9,16H2,1-5H3. The average molecular weight is 270 g/mol. The largest absolute Gasteiger partial charge is 0.397 e. The SMILES string of the molecule is Cc1c(Cl)ccc(N)c1NCC(C)(C)CN(C)C. The molecule has 0 aliphatic carbocycles. The molecule has 0 aromatic heterocycles. The fourth-order valence-corrected chi connectivity index (χ4v) is 2.34. The van der Waals surface area contributed by atoms with Gasteiger partial charge < -0.3 is 16.0 Å². The Morgan fingerprint density at radius 1 is 1.33 bits per heavy atom. The van der Waals surface area contributed by atoms with E-state index in [4.69, 9.17) is 17.3 Å². The lowest BCUT2D eigenvalue weighted by Gasteiger charge is -2.29. The van der Waals surface area contributed by atoms with Crippen LogP contribution in [0.1, 0.15) is 19.4 Å². The molecule has 0 spiro atoms. The Labute approximate surface area is 115 Å². The summed E-state index contributed by atoms with van der Waals surface area (Å²) in [4.78, 5) is 2.19. The minimum Gasteiger partial charge on any atom is -0.397 e. The molecule has 4 heteroatoms. The molecule has 3 N–H and O–H groups in total. The van der Waals surface area contributed by atoms with E-state index in [1.54, 1.807) is 0 Å². The quantitative estimate of drug-likeness (QED) is 0.807. The van der Waals surface area contributed by atoms with E-state index in [0.29, 0.717) is 0 Å². The summed E-state index contributed by atoms with van der Waals surface area (Å²) in [6.07, 6.45) is 0. The molecule has 1 rings (SSSR count). The third-order valence-corrected chi connectivity index (χ3v) is 3.33. The van der Waals surface area contributed by atoms with E-state index in [1.807, 2.05) is 19.1 Å². The monoisotopic (exact) mass is 269 g/mol. The number of hydrogen-bond acceptors (Lipinski definition) is 3. The summed E-state index contributed by atoms with van der Waals surface area (Å²) in [7, 11) is 4.17. The highest BCUT2D eigenvalue weighted by Gasteiger charge is 2.19. The molecule has 1 aromatic rings. The van der Waals surface area contributed by atoms with Gasteiger partial charge in [0.05, 0.1) is 11.4 Å². The fraction of sp³-hybridized carbons (Fsp3) is 0.571. The summed E-state index contributed by atoms with van der Waals surface area (Å²) in [6, 6.07) is 3.68. The zero-order valence-corrected chi connectivity index (χ0v) is 12.7. The molecular formula is C14H24ClN3. The van der Waals surface area contributed by atoms with Crippen LogP contribution in [0, 0.1) is 12.3 Å². The molecule has 0 saturated heterocycles. The summed E-state index contributed by atoms with van der Waals surface area (Å²) in [5.41, 5.74) is 8.87. The van der Waals surface area contributed by atoms with Crippen molar-refractivity contribution in [2.24, 2.45) is 5.41 Å².